The second-order valence-electron chi connectivity index (χ2n) is 4.86. The fourth-order valence-electron chi connectivity index (χ4n) is 2.05. The molecule has 3 aromatic rings. The van der Waals surface area contributed by atoms with E-state index in [9.17, 15) is 4.79 Å². The lowest BCUT2D eigenvalue weighted by Gasteiger charge is -2.08. The minimum Gasteiger partial charge on any atom is -0.326 e. The summed E-state index contributed by atoms with van der Waals surface area (Å²) in [7, 11) is 0. The fraction of sp³-hybridized carbons (Fsp3) is 0.200. The van der Waals surface area contributed by atoms with Crippen molar-refractivity contribution < 1.29 is 4.79 Å². The number of benzene rings is 1. The topological polar surface area (TPSA) is 72.7 Å². The van der Waals surface area contributed by atoms with E-state index in [1.54, 1.807) is 29.4 Å². The number of aryl methyl sites for hydroxylation is 1. The number of hydrogen-bond acceptors (Lipinski definition) is 6. The van der Waals surface area contributed by atoms with Gasteiger partial charge in [0.15, 0.2) is 5.16 Å². The maximum atomic E-state index is 11.2. The molecule has 118 valence electrons. The Balaban J connectivity index is 1.78. The van der Waals surface area contributed by atoms with Gasteiger partial charge in [-0.05, 0) is 25.1 Å². The molecule has 0 saturated carbocycles. The smallest absolute Gasteiger partial charge is 0.221 e. The number of thioether (sulfide) groups is 1. The van der Waals surface area contributed by atoms with Crippen LogP contribution in [-0.4, -0.2) is 25.7 Å². The number of hydrogen-bond donors (Lipinski definition) is 1. The van der Waals surface area contributed by atoms with E-state index < -0.39 is 0 Å². The maximum Gasteiger partial charge on any atom is 0.221 e. The molecule has 1 N–H and O–H groups in total. The zero-order valence-corrected chi connectivity index (χ0v) is 14.3. The quantitative estimate of drug-likeness (QED) is 0.719. The van der Waals surface area contributed by atoms with Crippen LogP contribution in [0, 0.1) is 6.92 Å². The monoisotopic (exact) mass is 345 g/mol. The minimum absolute atomic E-state index is 0.0978. The largest absolute Gasteiger partial charge is 0.326 e. The zero-order valence-electron chi connectivity index (χ0n) is 12.7. The summed E-state index contributed by atoms with van der Waals surface area (Å²) in [5.41, 5.74) is 2.69. The summed E-state index contributed by atoms with van der Waals surface area (Å²) in [5, 5.41) is 14.8. The average Bonchev–Trinajstić information content (AvgIpc) is 3.13. The van der Waals surface area contributed by atoms with Crippen LogP contribution in [-0.2, 0) is 10.5 Å². The van der Waals surface area contributed by atoms with Crippen LogP contribution in [0.1, 0.15) is 17.6 Å². The Labute approximate surface area is 142 Å². The van der Waals surface area contributed by atoms with E-state index in [4.69, 9.17) is 0 Å². The van der Waals surface area contributed by atoms with E-state index in [0.717, 1.165) is 33.0 Å². The molecule has 0 saturated heterocycles. The van der Waals surface area contributed by atoms with E-state index in [-0.39, 0.29) is 5.91 Å². The van der Waals surface area contributed by atoms with E-state index >= 15 is 0 Å². The molecule has 8 heteroatoms. The van der Waals surface area contributed by atoms with E-state index in [0.29, 0.717) is 0 Å². The maximum absolute atomic E-state index is 11.2. The van der Waals surface area contributed by atoms with Crippen molar-refractivity contribution in [1.29, 1.82) is 0 Å². The van der Waals surface area contributed by atoms with Crippen LogP contribution in [0.25, 0.3) is 5.69 Å². The molecule has 0 aliphatic heterocycles. The van der Waals surface area contributed by atoms with Crippen LogP contribution in [0.15, 0.2) is 41.1 Å². The summed E-state index contributed by atoms with van der Waals surface area (Å²) in [6, 6.07) is 7.58. The van der Waals surface area contributed by atoms with Crippen molar-refractivity contribution in [2.45, 2.75) is 24.8 Å². The van der Waals surface area contributed by atoms with Gasteiger partial charge < -0.3 is 5.32 Å². The number of aromatic nitrogens is 4. The Hall–Kier alpha value is -2.19. The third-order valence-corrected chi connectivity index (χ3v) is 4.78. The Morgan fingerprint density at radius 3 is 3.04 bits per heavy atom. The van der Waals surface area contributed by atoms with Gasteiger partial charge in [-0.2, -0.15) is 0 Å². The zero-order chi connectivity index (χ0) is 16.2. The number of carbonyl (C=O) groups is 1. The SMILES string of the molecule is CC(=O)Nc1cccc(-n2cnnc2SCc2csc(C)n2)c1. The Morgan fingerprint density at radius 2 is 2.30 bits per heavy atom. The third kappa shape index (κ3) is 3.96. The lowest BCUT2D eigenvalue weighted by Crippen LogP contribution is -2.06. The van der Waals surface area contributed by atoms with Crippen LogP contribution < -0.4 is 5.32 Å². The molecule has 0 spiro atoms. The van der Waals surface area contributed by atoms with Gasteiger partial charge in [0.05, 0.1) is 16.4 Å². The van der Waals surface area contributed by atoms with Gasteiger partial charge in [-0.3, -0.25) is 9.36 Å². The molecule has 0 radical (unpaired) electrons. The van der Waals surface area contributed by atoms with Crippen molar-refractivity contribution in [3.8, 4) is 5.69 Å². The number of nitrogens with one attached hydrogen (secondary N) is 1. The summed E-state index contributed by atoms with van der Waals surface area (Å²) in [5.74, 6) is 0.647. The van der Waals surface area contributed by atoms with Gasteiger partial charge >= 0.3 is 0 Å². The second-order valence-corrected chi connectivity index (χ2v) is 6.87. The van der Waals surface area contributed by atoms with Crippen LogP contribution in [0.4, 0.5) is 5.69 Å². The van der Waals surface area contributed by atoms with Crippen LogP contribution in [0.3, 0.4) is 0 Å². The highest BCUT2D eigenvalue weighted by Crippen LogP contribution is 2.25. The molecule has 23 heavy (non-hydrogen) atoms. The highest BCUT2D eigenvalue weighted by atomic mass is 32.2. The summed E-state index contributed by atoms with van der Waals surface area (Å²) >= 11 is 3.22. The van der Waals surface area contributed by atoms with Gasteiger partial charge in [0.25, 0.3) is 0 Å². The van der Waals surface area contributed by atoms with Crippen molar-refractivity contribution in [3.05, 3.63) is 46.7 Å². The standard InChI is InChI=1S/C15H15N5OS2/c1-10(21)17-12-4-3-5-14(6-12)20-9-16-19-15(20)23-8-13-7-22-11(2)18-13/h3-7,9H,8H2,1-2H3,(H,17,21). The van der Waals surface area contributed by atoms with Crippen LogP contribution in [0.2, 0.25) is 0 Å². The molecule has 0 fully saturated rings. The van der Waals surface area contributed by atoms with Gasteiger partial charge in [-0.1, -0.05) is 17.8 Å². The molecule has 6 nitrogen and oxygen atoms in total. The Kier molecular flexibility index (Phi) is 4.73. The molecule has 0 aliphatic carbocycles. The van der Waals surface area contributed by atoms with Gasteiger partial charge in [0.2, 0.25) is 5.91 Å². The summed E-state index contributed by atoms with van der Waals surface area (Å²) < 4.78 is 1.90. The van der Waals surface area contributed by atoms with Crippen LogP contribution in [0.5, 0.6) is 0 Å². The summed E-state index contributed by atoms with van der Waals surface area (Å²) in [6.07, 6.45) is 1.67. The molecular formula is C15H15N5OS2. The van der Waals surface area contributed by atoms with Crippen molar-refractivity contribution in [2.24, 2.45) is 0 Å². The molecule has 1 amide bonds. The number of anilines is 1. The first-order valence-corrected chi connectivity index (χ1v) is 8.80. The van der Waals surface area contributed by atoms with E-state index in [2.05, 4.69) is 25.9 Å². The molecule has 0 unspecified atom stereocenters. The second kappa shape index (κ2) is 6.93. The lowest BCUT2D eigenvalue weighted by molar-refractivity contribution is -0.114. The van der Waals surface area contributed by atoms with Crippen molar-refractivity contribution in [2.75, 3.05) is 5.32 Å². The highest BCUT2D eigenvalue weighted by Gasteiger charge is 2.09. The van der Waals surface area contributed by atoms with Gasteiger partial charge in [-0.25, -0.2) is 4.98 Å². The Morgan fingerprint density at radius 1 is 1.43 bits per heavy atom. The van der Waals surface area contributed by atoms with Gasteiger partial charge in [0, 0.05) is 23.7 Å². The van der Waals surface area contributed by atoms with Gasteiger partial charge in [-0.15, -0.1) is 21.5 Å². The van der Waals surface area contributed by atoms with Crippen molar-refractivity contribution in [1.82, 2.24) is 19.7 Å². The predicted molar refractivity (Wildman–Crippen MR) is 92.1 cm³/mol. The number of nitrogens with zero attached hydrogens (tertiary/aromatic N) is 4. The van der Waals surface area contributed by atoms with E-state index in [1.807, 2.05) is 35.8 Å². The fourth-order valence-corrected chi connectivity index (χ4v) is 3.59. The summed E-state index contributed by atoms with van der Waals surface area (Å²) in [6.45, 7) is 3.48. The Bertz CT molecular complexity index is 827. The third-order valence-electron chi connectivity index (χ3n) is 2.98. The first kappa shape index (κ1) is 15.7. The van der Waals surface area contributed by atoms with Gasteiger partial charge in [0.1, 0.15) is 6.33 Å². The molecule has 0 atom stereocenters. The number of rotatable bonds is 5. The number of carbonyl (C=O) groups excluding carboxylic acids is 1. The molecule has 2 aromatic heterocycles. The highest BCUT2D eigenvalue weighted by molar-refractivity contribution is 7.98. The number of thiazole rings is 1. The van der Waals surface area contributed by atoms with E-state index in [1.165, 1.54) is 6.92 Å². The summed E-state index contributed by atoms with van der Waals surface area (Å²) in [4.78, 5) is 15.6. The normalized spacial score (nSPS) is 10.7. The van der Waals surface area contributed by atoms with Crippen molar-refractivity contribution in [3.63, 3.8) is 0 Å². The molecule has 1 aromatic carbocycles. The van der Waals surface area contributed by atoms with Crippen molar-refractivity contribution >= 4 is 34.7 Å². The molecule has 2 heterocycles. The number of amides is 1. The lowest BCUT2D eigenvalue weighted by atomic mass is 10.2. The molecule has 0 aliphatic rings. The molecule has 3 rings (SSSR count). The first-order valence-electron chi connectivity index (χ1n) is 6.93. The molecule has 0 bridgehead atoms. The molecular weight excluding hydrogens is 330 g/mol. The predicted octanol–water partition coefficient (Wildman–Crippen LogP) is 3.28. The first-order chi connectivity index (χ1) is 11.1. The average molecular weight is 345 g/mol. The minimum atomic E-state index is -0.0978. The van der Waals surface area contributed by atoms with Crippen LogP contribution >= 0.6 is 23.1 Å².